The first-order chi connectivity index (χ1) is 9.35. The topological polar surface area (TPSA) is 101 Å². The van der Waals surface area contributed by atoms with Crippen LogP contribution in [-0.2, 0) is 21.2 Å². The summed E-state index contributed by atoms with van der Waals surface area (Å²) in [4.78, 5) is 15.9. The van der Waals surface area contributed by atoms with Crippen molar-refractivity contribution in [3.05, 3.63) is 17.3 Å². The summed E-state index contributed by atoms with van der Waals surface area (Å²) in [5.41, 5.74) is 0.800. The Morgan fingerprint density at radius 1 is 1.50 bits per heavy atom. The van der Waals surface area contributed by atoms with E-state index < -0.39 is 9.84 Å². The number of nitrogens with zero attached hydrogens (tertiary/aromatic N) is 1. The van der Waals surface area contributed by atoms with Gasteiger partial charge in [0.25, 0.3) is 0 Å². The summed E-state index contributed by atoms with van der Waals surface area (Å²) in [7, 11) is -3.02. The first kappa shape index (κ1) is 15.0. The van der Waals surface area contributed by atoms with Crippen LogP contribution >= 0.6 is 0 Å². The highest BCUT2D eigenvalue weighted by molar-refractivity contribution is 7.91. The third kappa shape index (κ3) is 4.04. The van der Waals surface area contributed by atoms with Gasteiger partial charge in [-0.25, -0.2) is 13.4 Å². The summed E-state index contributed by atoms with van der Waals surface area (Å²) in [5, 5.41) is 5.72. The molecule has 1 atom stereocenters. The van der Waals surface area contributed by atoms with E-state index >= 15 is 0 Å². The lowest BCUT2D eigenvalue weighted by Crippen LogP contribution is -2.47. The maximum atomic E-state index is 11.8. The molecule has 1 aliphatic heterocycles. The molecule has 0 aromatic carbocycles. The van der Waals surface area contributed by atoms with Crippen LogP contribution in [0.4, 0.5) is 0 Å². The van der Waals surface area contributed by atoms with Crippen molar-refractivity contribution in [3.8, 4) is 0 Å². The summed E-state index contributed by atoms with van der Waals surface area (Å²) in [6.07, 6.45) is 0.137. The fourth-order valence-corrected chi connectivity index (χ4v) is 3.53. The van der Waals surface area contributed by atoms with Crippen LogP contribution in [0.15, 0.2) is 4.42 Å². The largest absolute Gasteiger partial charge is 0.444 e. The number of nitrogens with one attached hydrogen (secondary N) is 2. The average molecular weight is 301 g/mol. The minimum Gasteiger partial charge on any atom is -0.444 e. The van der Waals surface area contributed by atoms with E-state index in [4.69, 9.17) is 4.42 Å². The minimum atomic E-state index is -3.02. The van der Waals surface area contributed by atoms with Crippen molar-refractivity contribution in [1.29, 1.82) is 0 Å². The molecule has 0 radical (unpaired) electrons. The Balaban J connectivity index is 1.81. The van der Waals surface area contributed by atoms with Crippen LogP contribution in [0.3, 0.4) is 0 Å². The minimum absolute atomic E-state index is 0.0115. The molecule has 1 aliphatic rings. The third-order valence-electron chi connectivity index (χ3n) is 3.24. The molecule has 1 unspecified atom stereocenters. The smallest absolute Gasteiger partial charge is 0.222 e. The SMILES string of the molecule is Cc1nc(CNC(=O)CC2CS(=O)(=O)CCN2)oc1C. The fraction of sp³-hybridized carbons (Fsp3) is 0.667. The quantitative estimate of drug-likeness (QED) is 0.790. The maximum Gasteiger partial charge on any atom is 0.222 e. The maximum absolute atomic E-state index is 11.8. The van der Waals surface area contributed by atoms with E-state index in [0.717, 1.165) is 11.5 Å². The van der Waals surface area contributed by atoms with E-state index in [2.05, 4.69) is 15.6 Å². The molecule has 1 amide bonds. The van der Waals surface area contributed by atoms with Gasteiger partial charge < -0.3 is 15.1 Å². The Morgan fingerprint density at radius 3 is 2.85 bits per heavy atom. The van der Waals surface area contributed by atoms with E-state index in [-0.39, 0.29) is 36.4 Å². The molecule has 2 heterocycles. The number of aryl methyl sites for hydroxylation is 2. The van der Waals surface area contributed by atoms with Gasteiger partial charge in [0.15, 0.2) is 9.84 Å². The van der Waals surface area contributed by atoms with Crippen LogP contribution in [0.5, 0.6) is 0 Å². The molecule has 0 saturated carbocycles. The lowest BCUT2D eigenvalue weighted by molar-refractivity contribution is -0.121. The number of hydrogen-bond donors (Lipinski definition) is 2. The van der Waals surface area contributed by atoms with E-state index in [1.165, 1.54) is 0 Å². The molecule has 112 valence electrons. The van der Waals surface area contributed by atoms with Crippen molar-refractivity contribution < 1.29 is 17.6 Å². The van der Waals surface area contributed by atoms with E-state index in [0.29, 0.717) is 12.4 Å². The van der Waals surface area contributed by atoms with Crippen LogP contribution in [0.2, 0.25) is 0 Å². The molecular weight excluding hydrogens is 282 g/mol. The highest BCUT2D eigenvalue weighted by atomic mass is 32.2. The van der Waals surface area contributed by atoms with Crippen LogP contribution in [0, 0.1) is 13.8 Å². The summed E-state index contributed by atoms with van der Waals surface area (Å²) < 4.78 is 28.3. The predicted molar refractivity (Wildman–Crippen MR) is 72.9 cm³/mol. The van der Waals surface area contributed by atoms with E-state index in [1.807, 2.05) is 13.8 Å². The number of aromatic nitrogens is 1. The van der Waals surface area contributed by atoms with Crippen molar-refractivity contribution in [2.24, 2.45) is 0 Å². The molecule has 1 aromatic heterocycles. The summed E-state index contributed by atoms with van der Waals surface area (Å²) in [6.45, 7) is 4.26. The molecule has 1 fully saturated rings. The van der Waals surface area contributed by atoms with Crippen LogP contribution in [0.1, 0.15) is 23.8 Å². The average Bonchev–Trinajstić information content (AvgIpc) is 2.65. The number of sulfone groups is 1. The molecule has 1 aromatic rings. The summed E-state index contributed by atoms with van der Waals surface area (Å²) >= 11 is 0. The van der Waals surface area contributed by atoms with Gasteiger partial charge >= 0.3 is 0 Å². The summed E-state index contributed by atoms with van der Waals surface area (Å²) in [5.74, 6) is 1.12. The highest BCUT2D eigenvalue weighted by Gasteiger charge is 2.25. The van der Waals surface area contributed by atoms with Gasteiger partial charge in [-0.3, -0.25) is 4.79 Å². The molecule has 20 heavy (non-hydrogen) atoms. The van der Waals surface area contributed by atoms with Crippen LogP contribution < -0.4 is 10.6 Å². The third-order valence-corrected chi connectivity index (χ3v) is 4.98. The van der Waals surface area contributed by atoms with Crippen molar-refractivity contribution >= 4 is 15.7 Å². The standard InChI is InChI=1S/C12H19N3O4S/c1-8-9(2)19-12(15-8)6-14-11(16)5-10-7-20(17,18)4-3-13-10/h10,13H,3-7H2,1-2H3,(H,14,16). The monoisotopic (exact) mass is 301 g/mol. The van der Waals surface area contributed by atoms with Gasteiger partial charge in [0.2, 0.25) is 11.8 Å². The zero-order chi connectivity index (χ0) is 14.8. The van der Waals surface area contributed by atoms with Crippen molar-refractivity contribution in [1.82, 2.24) is 15.6 Å². The molecule has 8 heteroatoms. The van der Waals surface area contributed by atoms with Gasteiger partial charge in [-0.1, -0.05) is 0 Å². The van der Waals surface area contributed by atoms with Gasteiger partial charge in [-0.15, -0.1) is 0 Å². The number of amides is 1. The lowest BCUT2D eigenvalue weighted by atomic mass is 10.2. The van der Waals surface area contributed by atoms with Gasteiger partial charge in [0, 0.05) is 19.0 Å². The van der Waals surface area contributed by atoms with Crippen molar-refractivity contribution in [3.63, 3.8) is 0 Å². The molecule has 0 spiro atoms. The number of hydrogen-bond acceptors (Lipinski definition) is 6. The molecule has 0 bridgehead atoms. The number of oxazole rings is 1. The van der Waals surface area contributed by atoms with Gasteiger partial charge in [0.05, 0.1) is 23.7 Å². The molecular formula is C12H19N3O4S. The molecule has 0 aliphatic carbocycles. The fourth-order valence-electron chi connectivity index (χ4n) is 2.08. The van der Waals surface area contributed by atoms with Gasteiger partial charge in [0.1, 0.15) is 5.76 Å². The molecule has 2 rings (SSSR count). The number of carbonyl (C=O) groups excluding carboxylic acids is 1. The molecule has 7 nitrogen and oxygen atoms in total. The number of rotatable bonds is 4. The first-order valence-corrected chi connectivity index (χ1v) is 8.31. The predicted octanol–water partition coefficient (Wildman–Crippen LogP) is -0.316. The molecule has 1 saturated heterocycles. The Kier molecular flexibility index (Phi) is 4.44. The van der Waals surface area contributed by atoms with E-state index in [9.17, 15) is 13.2 Å². The Labute approximate surface area is 118 Å². The van der Waals surface area contributed by atoms with Crippen LogP contribution in [-0.4, -0.2) is 43.4 Å². The Morgan fingerprint density at radius 2 is 2.25 bits per heavy atom. The normalized spacial score (nSPS) is 21.6. The first-order valence-electron chi connectivity index (χ1n) is 6.49. The summed E-state index contributed by atoms with van der Waals surface area (Å²) in [6, 6.07) is -0.318. The number of carbonyl (C=O) groups is 1. The second-order valence-corrected chi connectivity index (χ2v) is 7.22. The second-order valence-electron chi connectivity index (χ2n) is 5.00. The van der Waals surface area contributed by atoms with Crippen molar-refractivity contribution in [2.45, 2.75) is 32.9 Å². The van der Waals surface area contributed by atoms with Crippen molar-refractivity contribution in [2.75, 3.05) is 18.1 Å². The molecule has 2 N–H and O–H groups in total. The van der Waals surface area contributed by atoms with Gasteiger partial charge in [-0.2, -0.15) is 0 Å². The van der Waals surface area contributed by atoms with E-state index in [1.54, 1.807) is 0 Å². The van der Waals surface area contributed by atoms with Crippen LogP contribution in [0.25, 0.3) is 0 Å². The Hall–Kier alpha value is -1.41. The zero-order valence-corrected chi connectivity index (χ0v) is 12.4. The lowest BCUT2D eigenvalue weighted by Gasteiger charge is -2.22. The highest BCUT2D eigenvalue weighted by Crippen LogP contribution is 2.08. The Bertz CT molecular complexity index is 574. The second kappa shape index (κ2) is 5.92. The van der Waals surface area contributed by atoms with Gasteiger partial charge in [-0.05, 0) is 13.8 Å². The zero-order valence-electron chi connectivity index (χ0n) is 11.6.